The summed E-state index contributed by atoms with van der Waals surface area (Å²) in [5.74, 6) is -0.220. The van der Waals surface area contributed by atoms with Gasteiger partial charge in [-0.25, -0.2) is 13.1 Å². The van der Waals surface area contributed by atoms with Crippen LogP contribution in [0.3, 0.4) is 0 Å². The quantitative estimate of drug-likeness (QED) is 0.594. The van der Waals surface area contributed by atoms with Gasteiger partial charge in [0.05, 0.1) is 6.20 Å². The van der Waals surface area contributed by atoms with Gasteiger partial charge in [0, 0.05) is 20.0 Å². The van der Waals surface area contributed by atoms with Crippen molar-refractivity contribution in [3.63, 3.8) is 0 Å². The van der Waals surface area contributed by atoms with Crippen molar-refractivity contribution in [2.24, 2.45) is 0 Å². The first-order valence-corrected chi connectivity index (χ1v) is 5.74. The van der Waals surface area contributed by atoms with Crippen LogP contribution in [0.4, 0.5) is 0 Å². The summed E-state index contributed by atoms with van der Waals surface area (Å²) in [6, 6.07) is 1.34. The van der Waals surface area contributed by atoms with E-state index in [1.807, 2.05) is 0 Å². The third-order valence-electron chi connectivity index (χ3n) is 1.69. The number of sulfonamides is 1. The Labute approximate surface area is 87.3 Å². The summed E-state index contributed by atoms with van der Waals surface area (Å²) in [6.07, 6.45) is 1.44. The second-order valence-electron chi connectivity index (χ2n) is 2.74. The predicted octanol–water partition coefficient (Wildman–Crippen LogP) is -1.18. The van der Waals surface area contributed by atoms with Crippen molar-refractivity contribution in [1.82, 2.24) is 20.2 Å². The Bertz CT molecular complexity index is 411. The molecule has 3 N–H and O–H groups in total. The van der Waals surface area contributed by atoms with E-state index >= 15 is 0 Å². The Balaban J connectivity index is 2.49. The fraction of sp³-hybridized carbons (Fsp3) is 0.429. The van der Waals surface area contributed by atoms with Crippen LogP contribution in [0.25, 0.3) is 0 Å². The highest BCUT2D eigenvalue weighted by Crippen LogP contribution is 2.01. The molecule has 0 saturated carbocycles. The molecule has 1 rings (SSSR count). The van der Waals surface area contributed by atoms with Crippen molar-refractivity contribution in [3.05, 3.63) is 12.3 Å². The number of carbonyl (C=O) groups excluding carboxylic acids is 1. The van der Waals surface area contributed by atoms with Crippen LogP contribution in [0.15, 0.2) is 17.3 Å². The van der Waals surface area contributed by atoms with E-state index in [9.17, 15) is 13.2 Å². The Hall–Kier alpha value is -1.41. The van der Waals surface area contributed by atoms with Gasteiger partial charge < -0.3 is 5.32 Å². The van der Waals surface area contributed by atoms with Gasteiger partial charge in [0.25, 0.3) is 10.0 Å². The lowest BCUT2D eigenvalue weighted by molar-refractivity contribution is -0.120. The first kappa shape index (κ1) is 11.7. The number of aromatic amines is 1. The van der Waals surface area contributed by atoms with Gasteiger partial charge in [-0.05, 0) is 6.07 Å². The predicted molar refractivity (Wildman–Crippen MR) is 52.5 cm³/mol. The standard InChI is InChI=1S/C7H12N4O3S/c1-8-6(12)2-5-10-15(13,14)7-3-4-9-11-7/h3-4,10H,2,5H2,1H3,(H,8,12)(H,9,11). The smallest absolute Gasteiger partial charge is 0.257 e. The number of hydrogen-bond acceptors (Lipinski definition) is 4. The summed E-state index contributed by atoms with van der Waals surface area (Å²) in [5.41, 5.74) is 0. The summed E-state index contributed by atoms with van der Waals surface area (Å²) in [5, 5.41) is 8.23. The molecule has 1 aromatic heterocycles. The molecule has 0 atom stereocenters. The van der Waals surface area contributed by atoms with Crippen LogP contribution in [0.5, 0.6) is 0 Å². The first-order chi connectivity index (χ1) is 7.06. The summed E-state index contributed by atoms with van der Waals surface area (Å²) in [7, 11) is -2.08. The minimum absolute atomic E-state index is 0.0144. The van der Waals surface area contributed by atoms with Crippen LogP contribution in [0.2, 0.25) is 0 Å². The lowest BCUT2D eigenvalue weighted by Crippen LogP contribution is -2.29. The van der Waals surface area contributed by atoms with Crippen molar-refractivity contribution in [1.29, 1.82) is 0 Å². The van der Waals surface area contributed by atoms with E-state index in [0.717, 1.165) is 0 Å². The second-order valence-corrected chi connectivity index (χ2v) is 4.48. The molecule has 1 aromatic rings. The molecule has 0 unspecified atom stereocenters. The normalized spacial score (nSPS) is 11.3. The molecule has 0 saturated heterocycles. The van der Waals surface area contributed by atoms with Gasteiger partial charge in [-0.2, -0.15) is 5.10 Å². The van der Waals surface area contributed by atoms with Crippen LogP contribution in [0.1, 0.15) is 6.42 Å². The number of nitrogens with one attached hydrogen (secondary N) is 3. The van der Waals surface area contributed by atoms with E-state index in [-0.39, 0.29) is 23.9 Å². The third kappa shape index (κ3) is 3.33. The number of nitrogens with zero attached hydrogens (tertiary/aromatic N) is 1. The van der Waals surface area contributed by atoms with E-state index in [1.54, 1.807) is 0 Å². The number of H-pyrrole nitrogens is 1. The molecule has 0 aliphatic carbocycles. The summed E-state index contributed by atoms with van der Waals surface area (Å²) >= 11 is 0. The summed E-state index contributed by atoms with van der Waals surface area (Å²) < 4.78 is 25.2. The topological polar surface area (TPSA) is 104 Å². The monoisotopic (exact) mass is 232 g/mol. The van der Waals surface area contributed by atoms with Crippen LogP contribution < -0.4 is 10.0 Å². The van der Waals surface area contributed by atoms with E-state index in [4.69, 9.17) is 0 Å². The number of rotatable bonds is 5. The number of amides is 1. The molecule has 7 nitrogen and oxygen atoms in total. The Morgan fingerprint density at radius 3 is 2.87 bits per heavy atom. The molecule has 0 radical (unpaired) electrons. The molecule has 0 spiro atoms. The molecule has 15 heavy (non-hydrogen) atoms. The van der Waals surface area contributed by atoms with Crippen LogP contribution >= 0.6 is 0 Å². The van der Waals surface area contributed by atoms with Gasteiger partial charge in [-0.15, -0.1) is 0 Å². The lowest BCUT2D eigenvalue weighted by Gasteiger charge is -2.03. The van der Waals surface area contributed by atoms with Crippen LogP contribution in [-0.2, 0) is 14.8 Å². The molecular formula is C7H12N4O3S. The molecule has 0 aliphatic heterocycles. The zero-order chi connectivity index (χ0) is 11.3. The maximum Gasteiger partial charge on any atom is 0.257 e. The van der Waals surface area contributed by atoms with Crippen molar-refractivity contribution in [3.8, 4) is 0 Å². The van der Waals surface area contributed by atoms with Gasteiger partial charge in [-0.1, -0.05) is 0 Å². The SMILES string of the molecule is CNC(=O)CCNS(=O)(=O)c1ccn[nH]1. The van der Waals surface area contributed by atoms with E-state index in [1.165, 1.54) is 19.3 Å². The largest absolute Gasteiger partial charge is 0.359 e. The average Bonchev–Trinajstić information content (AvgIpc) is 2.70. The molecule has 0 bridgehead atoms. The number of carbonyl (C=O) groups is 1. The highest BCUT2D eigenvalue weighted by molar-refractivity contribution is 7.89. The molecule has 1 heterocycles. The van der Waals surface area contributed by atoms with Crippen molar-refractivity contribution < 1.29 is 13.2 Å². The maximum absolute atomic E-state index is 11.4. The fourth-order valence-corrected chi connectivity index (χ4v) is 1.83. The molecule has 8 heteroatoms. The van der Waals surface area contributed by atoms with Crippen molar-refractivity contribution in [2.75, 3.05) is 13.6 Å². The van der Waals surface area contributed by atoms with Gasteiger partial charge in [-0.3, -0.25) is 9.89 Å². The highest BCUT2D eigenvalue weighted by atomic mass is 32.2. The van der Waals surface area contributed by atoms with Gasteiger partial charge in [0.2, 0.25) is 5.91 Å². The van der Waals surface area contributed by atoms with Crippen LogP contribution in [-0.4, -0.2) is 38.1 Å². The van der Waals surface area contributed by atoms with Crippen LogP contribution in [0, 0.1) is 0 Å². The zero-order valence-electron chi connectivity index (χ0n) is 8.15. The molecule has 84 valence electrons. The number of hydrogen-bond donors (Lipinski definition) is 3. The average molecular weight is 232 g/mol. The summed E-state index contributed by atoms with van der Waals surface area (Å²) in [4.78, 5) is 10.8. The molecular weight excluding hydrogens is 220 g/mol. The molecule has 0 fully saturated rings. The van der Waals surface area contributed by atoms with E-state index in [2.05, 4.69) is 20.2 Å². The van der Waals surface area contributed by atoms with E-state index in [0.29, 0.717) is 0 Å². The second kappa shape index (κ2) is 4.89. The number of aromatic nitrogens is 2. The molecule has 0 aliphatic rings. The molecule has 0 aromatic carbocycles. The fourth-order valence-electron chi connectivity index (χ4n) is 0.894. The summed E-state index contributed by atoms with van der Waals surface area (Å²) in [6.45, 7) is 0.0566. The third-order valence-corrected chi connectivity index (χ3v) is 3.08. The Morgan fingerprint density at radius 1 is 1.60 bits per heavy atom. The zero-order valence-corrected chi connectivity index (χ0v) is 8.97. The van der Waals surface area contributed by atoms with Gasteiger partial charge >= 0.3 is 0 Å². The minimum atomic E-state index is -3.57. The first-order valence-electron chi connectivity index (χ1n) is 4.26. The lowest BCUT2D eigenvalue weighted by atomic mass is 10.4. The molecule has 1 amide bonds. The maximum atomic E-state index is 11.4. The van der Waals surface area contributed by atoms with Crippen molar-refractivity contribution in [2.45, 2.75) is 11.4 Å². The van der Waals surface area contributed by atoms with Gasteiger partial charge in [0.1, 0.15) is 0 Å². The van der Waals surface area contributed by atoms with Gasteiger partial charge in [0.15, 0.2) is 5.03 Å². The Kier molecular flexibility index (Phi) is 3.81. The Morgan fingerprint density at radius 2 is 2.33 bits per heavy atom. The highest BCUT2D eigenvalue weighted by Gasteiger charge is 2.14. The van der Waals surface area contributed by atoms with E-state index < -0.39 is 10.0 Å². The minimum Gasteiger partial charge on any atom is -0.359 e. The van der Waals surface area contributed by atoms with Crippen molar-refractivity contribution >= 4 is 15.9 Å².